The van der Waals surface area contributed by atoms with Gasteiger partial charge in [-0.05, 0) is 40.5 Å². The van der Waals surface area contributed by atoms with Crippen molar-refractivity contribution in [3.63, 3.8) is 0 Å². The van der Waals surface area contributed by atoms with Gasteiger partial charge in [0, 0.05) is 4.47 Å². The van der Waals surface area contributed by atoms with Gasteiger partial charge in [0.2, 0.25) is 0 Å². The van der Waals surface area contributed by atoms with E-state index in [1.165, 1.54) is 12.1 Å². The van der Waals surface area contributed by atoms with Gasteiger partial charge in [-0.25, -0.2) is 0 Å². The first-order valence-corrected chi connectivity index (χ1v) is 5.59. The summed E-state index contributed by atoms with van der Waals surface area (Å²) in [4.78, 5) is 0. The van der Waals surface area contributed by atoms with Crippen molar-refractivity contribution in [2.24, 2.45) is 0 Å². The third-order valence-electron chi connectivity index (χ3n) is 2.66. The number of nitrogens with zero attached hydrogens (tertiary/aromatic N) is 1. The normalized spacial score (nSPS) is 14.2. The number of nitrogens with one attached hydrogen (secondary N) is 1. The summed E-state index contributed by atoms with van der Waals surface area (Å²) in [6.07, 6.45) is -4.27. The first-order chi connectivity index (χ1) is 7.80. The molecule has 2 rings (SSSR count). The number of hydrogen-bond donors (Lipinski definition) is 2. The number of alkyl halides is 3. The van der Waals surface area contributed by atoms with Crippen LogP contribution in [0.3, 0.4) is 0 Å². The van der Waals surface area contributed by atoms with Crippen LogP contribution >= 0.6 is 15.9 Å². The van der Waals surface area contributed by atoms with Gasteiger partial charge in [0.25, 0.3) is 0 Å². The van der Waals surface area contributed by atoms with E-state index in [-0.39, 0.29) is 11.4 Å². The van der Waals surface area contributed by atoms with Crippen LogP contribution in [0.25, 0.3) is 10.9 Å². The van der Waals surface area contributed by atoms with Crippen LogP contribution in [0.1, 0.15) is 18.4 Å². The Hall–Kier alpha value is -1.24. The molecule has 0 radical (unpaired) electrons. The Bertz CT molecular complexity index is 562. The number of halogens is 4. The fourth-order valence-electron chi connectivity index (χ4n) is 1.59. The molecule has 7 heteroatoms. The number of aromatic nitrogens is 2. The van der Waals surface area contributed by atoms with Gasteiger partial charge in [-0.3, -0.25) is 5.10 Å². The van der Waals surface area contributed by atoms with Crippen LogP contribution in [0.2, 0.25) is 0 Å². The molecule has 0 aliphatic carbocycles. The molecule has 0 amide bonds. The first-order valence-electron chi connectivity index (χ1n) is 4.80. The first kappa shape index (κ1) is 12.2. The fraction of sp³-hybridized carbons (Fsp3) is 0.300. The third kappa shape index (κ3) is 2.11. The summed E-state index contributed by atoms with van der Waals surface area (Å²) in [5.41, 5.74) is 6.25. The maximum Gasteiger partial charge on any atom is 0.395 e. The van der Waals surface area contributed by atoms with Gasteiger partial charge in [-0.2, -0.15) is 18.3 Å². The summed E-state index contributed by atoms with van der Waals surface area (Å²) in [6, 6.07) is 2.84. The summed E-state index contributed by atoms with van der Waals surface area (Å²) in [7, 11) is 0. The Morgan fingerprint density at radius 2 is 2.06 bits per heavy atom. The molecule has 0 aliphatic heterocycles. The molecule has 17 heavy (non-hydrogen) atoms. The predicted molar refractivity (Wildman–Crippen MR) is 62.7 cm³/mol. The standard InChI is InChI=1S/C10H9BrF3N3/c1-4(10(12,13)14)5-2-6(11)8-7(3-5)16-17-9(8)15/h2-4H,1H3,(H3,15,16,17). The topological polar surface area (TPSA) is 54.7 Å². The number of rotatable bonds is 1. The van der Waals surface area contributed by atoms with Gasteiger partial charge in [-0.1, -0.05) is 0 Å². The second-order valence-corrected chi connectivity index (χ2v) is 4.65. The second-order valence-electron chi connectivity index (χ2n) is 3.80. The average Bonchev–Trinajstić information content (AvgIpc) is 2.58. The monoisotopic (exact) mass is 307 g/mol. The molecule has 0 spiro atoms. The quantitative estimate of drug-likeness (QED) is 0.846. The summed E-state index contributed by atoms with van der Waals surface area (Å²) < 4.78 is 38.3. The van der Waals surface area contributed by atoms with Crippen LogP contribution in [0.5, 0.6) is 0 Å². The van der Waals surface area contributed by atoms with Crippen LogP contribution in [0.4, 0.5) is 19.0 Å². The van der Waals surface area contributed by atoms with E-state index in [9.17, 15) is 13.2 Å². The molecule has 0 saturated carbocycles. The molecular weight excluding hydrogens is 299 g/mol. The summed E-state index contributed by atoms with van der Waals surface area (Å²) >= 11 is 3.21. The molecule has 0 fully saturated rings. The average molecular weight is 308 g/mol. The van der Waals surface area contributed by atoms with Gasteiger partial charge >= 0.3 is 6.18 Å². The molecule has 92 valence electrons. The van der Waals surface area contributed by atoms with Gasteiger partial charge in [-0.15, -0.1) is 0 Å². The van der Waals surface area contributed by atoms with Crippen LogP contribution in [-0.4, -0.2) is 16.4 Å². The zero-order valence-electron chi connectivity index (χ0n) is 8.77. The van der Waals surface area contributed by atoms with E-state index in [0.29, 0.717) is 15.4 Å². The molecule has 0 bridgehead atoms. The Morgan fingerprint density at radius 3 is 2.65 bits per heavy atom. The highest BCUT2D eigenvalue weighted by Crippen LogP contribution is 2.38. The molecule has 1 heterocycles. The lowest BCUT2D eigenvalue weighted by Gasteiger charge is -2.16. The van der Waals surface area contributed by atoms with Gasteiger partial charge < -0.3 is 5.73 Å². The smallest absolute Gasteiger partial charge is 0.382 e. The van der Waals surface area contributed by atoms with Crippen molar-refractivity contribution < 1.29 is 13.2 Å². The third-order valence-corrected chi connectivity index (χ3v) is 3.28. The van der Waals surface area contributed by atoms with Crippen molar-refractivity contribution in [1.29, 1.82) is 0 Å². The molecule has 2 aromatic rings. The lowest BCUT2D eigenvalue weighted by Crippen LogP contribution is -2.17. The SMILES string of the molecule is CC(c1cc(Br)c2c(N)n[nH]c2c1)C(F)(F)F. The van der Waals surface area contributed by atoms with E-state index in [0.717, 1.165) is 6.92 Å². The van der Waals surface area contributed by atoms with Crippen molar-refractivity contribution in [2.75, 3.05) is 5.73 Å². The number of nitrogens with two attached hydrogens (primary N) is 1. The summed E-state index contributed by atoms with van der Waals surface area (Å²) in [6.45, 7) is 1.12. The van der Waals surface area contributed by atoms with Crippen molar-refractivity contribution in [3.05, 3.63) is 22.2 Å². The minimum absolute atomic E-state index is 0.167. The van der Waals surface area contributed by atoms with Crippen molar-refractivity contribution in [1.82, 2.24) is 10.2 Å². The van der Waals surface area contributed by atoms with Gasteiger partial charge in [0.1, 0.15) is 0 Å². The number of benzene rings is 1. The van der Waals surface area contributed by atoms with E-state index in [2.05, 4.69) is 26.1 Å². The highest BCUT2D eigenvalue weighted by Gasteiger charge is 2.37. The minimum Gasteiger partial charge on any atom is -0.382 e. The maximum absolute atomic E-state index is 12.6. The van der Waals surface area contributed by atoms with Gasteiger partial charge in [0.05, 0.1) is 16.8 Å². The van der Waals surface area contributed by atoms with E-state index < -0.39 is 12.1 Å². The molecule has 0 saturated heterocycles. The van der Waals surface area contributed by atoms with E-state index >= 15 is 0 Å². The Morgan fingerprint density at radius 1 is 1.41 bits per heavy atom. The number of hydrogen-bond acceptors (Lipinski definition) is 2. The molecule has 3 N–H and O–H groups in total. The predicted octanol–water partition coefficient (Wildman–Crippen LogP) is 3.57. The fourth-order valence-corrected chi connectivity index (χ4v) is 2.27. The highest BCUT2D eigenvalue weighted by atomic mass is 79.9. The van der Waals surface area contributed by atoms with Crippen molar-refractivity contribution in [3.8, 4) is 0 Å². The second kappa shape index (κ2) is 3.90. The number of fused-ring (bicyclic) bond motifs is 1. The Labute approximate surface area is 103 Å². The summed E-state index contributed by atoms with van der Waals surface area (Å²) in [5.74, 6) is -1.27. The molecule has 1 atom stereocenters. The van der Waals surface area contributed by atoms with E-state index in [1.807, 2.05) is 0 Å². The van der Waals surface area contributed by atoms with Crippen LogP contribution in [0.15, 0.2) is 16.6 Å². The van der Waals surface area contributed by atoms with E-state index in [1.54, 1.807) is 0 Å². The van der Waals surface area contributed by atoms with Crippen LogP contribution < -0.4 is 5.73 Å². The zero-order valence-corrected chi connectivity index (χ0v) is 10.4. The lowest BCUT2D eigenvalue weighted by molar-refractivity contribution is -0.146. The molecule has 3 nitrogen and oxygen atoms in total. The molecule has 1 aromatic carbocycles. The lowest BCUT2D eigenvalue weighted by atomic mass is 9.99. The van der Waals surface area contributed by atoms with Crippen LogP contribution in [-0.2, 0) is 0 Å². The highest BCUT2D eigenvalue weighted by molar-refractivity contribution is 9.10. The van der Waals surface area contributed by atoms with E-state index in [4.69, 9.17) is 5.73 Å². The van der Waals surface area contributed by atoms with Crippen molar-refractivity contribution in [2.45, 2.75) is 19.0 Å². The van der Waals surface area contributed by atoms with Gasteiger partial charge in [0.15, 0.2) is 5.82 Å². The Kier molecular flexibility index (Phi) is 2.81. The minimum atomic E-state index is -4.27. The molecule has 0 aliphatic rings. The zero-order chi connectivity index (χ0) is 12.8. The Balaban J connectivity index is 2.58. The van der Waals surface area contributed by atoms with Crippen LogP contribution in [0, 0.1) is 0 Å². The number of nitrogen functional groups attached to an aromatic ring is 1. The number of H-pyrrole nitrogens is 1. The largest absolute Gasteiger partial charge is 0.395 e. The van der Waals surface area contributed by atoms with Crippen molar-refractivity contribution >= 4 is 32.7 Å². The maximum atomic E-state index is 12.6. The molecule has 1 unspecified atom stereocenters. The summed E-state index contributed by atoms with van der Waals surface area (Å²) in [5, 5.41) is 6.96. The number of aromatic amines is 1. The molecular formula is C10H9BrF3N3. The number of anilines is 1. The molecule has 1 aromatic heterocycles.